The van der Waals surface area contributed by atoms with E-state index in [9.17, 15) is 0 Å². The first-order chi connectivity index (χ1) is 5.37. The standard InChI is InChI=1S/C9H23P3.8Y/c1-7-11(4)9-12(5,6)8-10(2)3;;;;;;;;/h10-11H,2,4-5,7-9H2,1,3,6H3;;;;;;;;. The Kier molecular flexibility index (Phi) is 103. The third kappa shape index (κ3) is 42.0. The van der Waals surface area contributed by atoms with Crippen molar-refractivity contribution in [3.8, 4) is 0 Å². The van der Waals surface area contributed by atoms with Gasteiger partial charge in [0.25, 0.3) is 0 Å². The molecule has 0 heterocycles. The molecule has 98 valence electrons. The molecular weight excluding hydrogens is 912 g/mol. The Morgan fingerprint density at radius 3 is 1.30 bits per heavy atom. The summed E-state index contributed by atoms with van der Waals surface area (Å²) in [5, 5.41) is 0. The van der Waals surface area contributed by atoms with Crippen LogP contribution in [0.5, 0.6) is 0 Å². The van der Waals surface area contributed by atoms with Crippen molar-refractivity contribution in [2.45, 2.75) is 6.92 Å². The van der Waals surface area contributed by atoms with Gasteiger partial charge in [-0.3, -0.25) is 0 Å². The van der Waals surface area contributed by atoms with Crippen LogP contribution in [0.25, 0.3) is 0 Å². The molecule has 0 bridgehead atoms. The van der Waals surface area contributed by atoms with E-state index in [4.69, 9.17) is 0 Å². The minimum absolute atomic E-state index is 0. The molecule has 8 radical (unpaired) electrons. The van der Waals surface area contributed by atoms with E-state index in [1.54, 1.807) is 0 Å². The van der Waals surface area contributed by atoms with E-state index < -0.39 is 6.89 Å². The zero-order chi connectivity index (χ0) is 9.78. The molecule has 0 aliphatic rings. The Hall–Kier alpha value is 9.73. The van der Waals surface area contributed by atoms with Crippen LogP contribution in [0.3, 0.4) is 0 Å². The summed E-state index contributed by atoms with van der Waals surface area (Å²) >= 11 is 0. The second-order valence-corrected chi connectivity index (χ2v) is 13.9. The average molecular weight is 935 g/mol. The molecule has 11 heteroatoms. The van der Waals surface area contributed by atoms with Gasteiger partial charge in [-0.2, -0.15) is 0 Å². The summed E-state index contributed by atoms with van der Waals surface area (Å²) in [6.07, 6.45) is 14.0. The van der Waals surface area contributed by atoms with Crippen molar-refractivity contribution in [3.63, 3.8) is 0 Å². The molecule has 0 fully saturated rings. The van der Waals surface area contributed by atoms with Crippen LogP contribution in [-0.4, -0.2) is 50.2 Å². The third-order valence-electron chi connectivity index (χ3n) is 1.76. The largest absolute Gasteiger partial charge is 0.124 e. The molecule has 0 N–H and O–H groups in total. The molecule has 0 aliphatic heterocycles. The van der Waals surface area contributed by atoms with Crippen molar-refractivity contribution in [2.75, 3.05) is 31.3 Å². The monoisotopic (exact) mass is 935 g/mol. The van der Waals surface area contributed by atoms with Gasteiger partial charge in [0.2, 0.25) is 0 Å². The van der Waals surface area contributed by atoms with Crippen LogP contribution in [0.1, 0.15) is 6.92 Å². The summed E-state index contributed by atoms with van der Waals surface area (Å²) in [5.74, 6) is 2.69. The minimum atomic E-state index is -0.856. The number of hydrogen-bond donors (Lipinski definition) is 0. The van der Waals surface area contributed by atoms with Crippen molar-refractivity contribution in [3.05, 3.63) is 0 Å². The topological polar surface area (TPSA) is 0 Å². The zero-order valence-electron chi connectivity index (χ0n) is 13.3. The maximum atomic E-state index is 4.38. The second-order valence-electron chi connectivity index (χ2n) is 4.00. The molecule has 0 rings (SSSR count). The Morgan fingerprint density at radius 1 is 0.800 bits per heavy atom. The number of rotatable bonds is 5. The quantitative estimate of drug-likeness (QED) is 0.373. The Morgan fingerprint density at radius 2 is 1.10 bits per heavy atom. The van der Waals surface area contributed by atoms with Crippen LogP contribution in [0.2, 0.25) is 0 Å². The molecule has 3 atom stereocenters. The van der Waals surface area contributed by atoms with E-state index in [1.807, 2.05) is 0 Å². The summed E-state index contributed by atoms with van der Waals surface area (Å²) in [4.78, 5) is 0. The normalized spacial score (nSPS) is 12.8. The summed E-state index contributed by atoms with van der Waals surface area (Å²) in [6, 6.07) is 0. The first-order valence-electron chi connectivity index (χ1n) is 4.37. The molecule has 0 spiro atoms. The maximum absolute atomic E-state index is 4.38. The summed E-state index contributed by atoms with van der Waals surface area (Å²) in [7, 11) is -0.625. The van der Waals surface area contributed by atoms with Crippen molar-refractivity contribution < 1.29 is 262 Å². The molecule has 0 aromatic rings. The predicted molar refractivity (Wildman–Crippen MR) is 77.0 cm³/mol. The van der Waals surface area contributed by atoms with Crippen molar-refractivity contribution in [1.29, 1.82) is 0 Å². The van der Waals surface area contributed by atoms with Gasteiger partial charge < -0.3 is 0 Å². The first-order valence-corrected chi connectivity index (χ1v) is 11.7. The van der Waals surface area contributed by atoms with E-state index in [2.05, 4.69) is 39.2 Å². The fourth-order valence-electron chi connectivity index (χ4n) is 1.36. The van der Waals surface area contributed by atoms with Gasteiger partial charge in [0, 0.05) is 262 Å². The number of hydrogen-bond acceptors (Lipinski definition) is 0. The van der Waals surface area contributed by atoms with Gasteiger partial charge in [-0.05, 0) is 31.3 Å². The molecule has 0 saturated carbocycles. The van der Waals surface area contributed by atoms with Gasteiger partial charge in [-0.25, -0.2) is 0 Å². The Bertz CT molecular complexity index is 247. The fraction of sp³-hybridized carbons (Fsp3) is 0.667. The Labute approximate surface area is 331 Å². The molecule has 0 amide bonds. The molecule has 3 unspecified atom stereocenters. The van der Waals surface area contributed by atoms with E-state index in [-0.39, 0.29) is 277 Å². The van der Waals surface area contributed by atoms with Gasteiger partial charge in [0.15, 0.2) is 0 Å². The second kappa shape index (κ2) is 36.1. The minimum Gasteiger partial charge on any atom is -0.124 e. The summed E-state index contributed by atoms with van der Waals surface area (Å²) in [6.45, 7) is 6.06. The van der Waals surface area contributed by atoms with Crippen LogP contribution in [-0.2, 0) is 262 Å². The molecule has 0 aromatic carbocycles. The fourth-order valence-corrected chi connectivity index (χ4v) is 13.2. The summed E-state index contributed by atoms with van der Waals surface area (Å²) in [5.41, 5.74) is 0. The van der Waals surface area contributed by atoms with Crippen molar-refractivity contribution in [1.82, 2.24) is 0 Å². The Balaban J connectivity index is -0.0000000216. The van der Waals surface area contributed by atoms with E-state index in [1.165, 1.54) is 18.0 Å². The summed E-state index contributed by atoms with van der Waals surface area (Å²) < 4.78 is 0. The van der Waals surface area contributed by atoms with Crippen LogP contribution in [0.4, 0.5) is 0 Å². The molecule has 0 saturated heterocycles. The van der Waals surface area contributed by atoms with Crippen molar-refractivity contribution >= 4 is 40.9 Å². The van der Waals surface area contributed by atoms with Gasteiger partial charge >= 0.3 is 0 Å². The van der Waals surface area contributed by atoms with Gasteiger partial charge in [0.1, 0.15) is 0 Å². The van der Waals surface area contributed by atoms with Gasteiger partial charge in [-0.15, -0.1) is 40.9 Å². The maximum Gasteiger partial charge on any atom is 0 e. The smallest absolute Gasteiger partial charge is 0 e. The van der Waals surface area contributed by atoms with Crippen molar-refractivity contribution in [2.24, 2.45) is 0 Å². The van der Waals surface area contributed by atoms with E-state index >= 15 is 0 Å². The molecule has 20 heavy (non-hydrogen) atoms. The molecule has 0 nitrogen and oxygen atoms in total. The average Bonchev–Trinajstić information content (AvgIpc) is 1.83. The van der Waals surface area contributed by atoms with Crippen LogP contribution >= 0.6 is 22.0 Å². The van der Waals surface area contributed by atoms with Crippen LogP contribution in [0, 0.1) is 0 Å². The van der Waals surface area contributed by atoms with E-state index in [0.29, 0.717) is 0 Å². The third-order valence-corrected chi connectivity index (χ3v) is 12.8. The van der Waals surface area contributed by atoms with Gasteiger partial charge in [0.05, 0.1) is 0 Å². The predicted octanol–water partition coefficient (Wildman–Crippen LogP) is 2.90. The SMILES string of the molecule is C=[PH](C)CP(=C)(C)C[PH](=C)CC.[Y].[Y].[Y].[Y].[Y].[Y].[Y].[Y]. The van der Waals surface area contributed by atoms with Crippen LogP contribution in [0.15, 0.2) is 0 Å². The first kappa shape index (κ1) is 57.1. The van der Waals surface area contributed by atoms with E-state index in [0.717, 1.165) is 0 Å². The molecular formula is C9H23P3Y8. The molecule has 0 aliphatic carbocycles. The zero-order valence-corrected chi connectivity index (χ0v) is 38.9. The van der Waals surface area contributed by atoms with Gasteiger partial charge in [-0.1, -0.05) is 6.92 Å². The van der Waals surface area contributed by atoms with Crippen LogP contribution < -0.4 is 0 Å². The molecule has 0 aromatic heterocycles.